The summed E-state index contributed by atoms with van der Waals surface area (Å²) in [7, 11) is 0. The van der Waals surface area contributed by atoms with E-state index in [1.165, 1.54) is 36.7 Å². The zero-order valence-corrected chi connectivity index (χ0v) is 16.8. The van der Waals surface area contributed by atoms with Crippen molar-refractivity contribution in [3.63, 3.8) is 0 Å². The van der Waals surface area contributed by atoms with Gasteiger partial charge in [0.2, 0.25) is 0 Å². The number of benzene rings is 2. The molecule has 1 fully saturated rings. The summed E-state index contributed by atoms with van der Waals surface area (Å²) in [4.78, 5) is 7.08. The first-order valence-electron chi connectivity index (χ1n) is 8.76. The van der Waals surface area contributed by atoms with E-state index >= 15 is 0 Å². The van der Waals surface area contributed by atoms with Crippen LogP contribution >= 0.6 is 11.3 Å². The molecular weight excluding hydrogens is 391 g/mol. The van der Waals surface area contributed by atoms with Gasteiger partial charge in [0, 0.05) is 0 Å². The van der Waals surface area contributed by atoms with E-state index in [1.54, 1.807) is 11.3 Å². The van der Waals surface area contributed by atoms with Crippen molar-refractivity contribution in [3.8, 4) is 10.9 Å². The summed E-state index contributed by atoms with van der Waals surface area (Å²) >= 11 is 4.33. The third-order valence-electron chi connectivity index (χ3n) is 4.77. The summed E-state index contributed by atoms with van der Waals surface area (Å²) in [6.45, 7) is 3.46. The van der Waals surface area contributed by atoms with Crippen LogP contribution in [0.4, 0.5) is 0 Å². The minimum absolute atomic E-state index is 0.703. The summed E-state index contributed by atoms with van der Waals surface area (Å²) in [5.74, 6) is 1.76. The predicted molar refractivity (Wildman–Crippen MR) is 105 cm³/mol. The third kappa shape index (κ3) is 4.25. The van der Waals surface area contributed by atoms with E-state index in [9.17, 15) is 0 Å². The molecule has 2 heterocycles. The van der Waals surface area contributed by atoms with Crippen molar-refractivity contribution in [3.05, 3.63) is 54.1 Å². The minimum atomic E-state index is 0.703. The second kappa shape index (κ2) is 7.90. The molecule has 0 unspecified atom stereocenters. The molecule has 0 saturated carbocycles. The standard InChI is InChI=1S/C20H21AsN2OS/c21-13-15-9-11-23(12-10-15)14-16-5-7-17(8-6-16)24-20-22-18-3-1-2-4-19(18)25-20/h1-8,15H,9-14H2. The van der Waals surface area contributed by atoms with E-state index in [0.717, 1.165) is 28.4 Å². The Labute approximate surface area is 161 Å². The predicted octanol–water partition coefficient (Wildman–Crippen LogP) is 4.89. The number of ether oxygens (including phenoxy) is 1. The first-order chi connectivity index (χ1) is 12.3. The van der Waals surface area contributed by atoms with Gasteiger partial charge >= 0.3 is 111 Å². The Morgan fingerprint density at radius 1 is 1.08 bits per heavy atom. The van der Waals surface area contributed by atoms with Gasteiger partial charge in [0.15, 0.2) is 0 Å². The molecule has 2 radical (unpaired) electrons. The summed E-state index contributed by atoms with van der Waals surface area (Å²) in [6.07, 6.45) is 2.65. The van der Waals surface area contributed by atoms with Crippen LogP contribution in [0, 0.1) is 5.92 Å². The molecule has 0 N–H and O–H groups in total. The van der Waals surface area contributed by atoms with Crippen molar-refractivity contribution in [2.45, 2.75) is 24.6 Å². The molecule has 2 aromatic carbocycles. The van der Waals surface area contributed by atoms with Gasteiger partial charge in [0.25, 0.3) is 0 Å². The third-order valence-corrected chi connectivity index (χ3v) is 6.77. The van der Waals surface area contributed by atoms with Crippen LogP contribution in [0.2, 0.25) is 5.21 Å². The number of para-hydroxylation sites is 1. The Morgan fingerprint density at radius 2 is 1.84 bits per heavy atom. The van der Waals surface area contributed by atoms with Gasteiger partial charge in [0.05, 0.1) is 10.2 Å². The number of likely N-dealkylation sites (tertiary alicyclic amines) is 1. The number of aromatic nitrogens is 1. The summed E-state index contributed by atoms with van der Waals surface area (Å²) < 4.78 is 7.08. The van der Waals surface area contributed by atoms with E-state index in [2.05, 4.69) is 57.1 Å². The van der Waals surface area contributed by atoms with Crippen LogP contribution in [-0.4, -0.2) is 39.8 Å². The summed E-state index contributed by atoms with van der Waals surface area (Å²) in [6, 6.07) is 16.6. The van der Waals surface area contributed by atoms with Crippen molar-refractivity contribution in [1.29, 1.82) is 0 Å². The van der Waals surface area contributed by atoms with Crippen LogP contribution in [0.1, 0.15) is 18.4 Å². The second-order valence-electron chi connectivity index (χ2n) is 6.60. The number of nitrogens with zero attached hydrogens (tertiary/aromatic N) is 2. The zero-order valence-electron chi connectivity index (χ0n) is 14.1. The van der Waals surface area contributed by atoms with Gasteiger partial charge in [0.1, 0.15) is 0 Å². The van der Waals surface area contributed by atoms with Crippen molar-refractivity contribution in [2.24, 2.45) is 5.92 Å². The van der Waals surface area contributed by atoms with Gasteiger partial charge in [-0.25, -0.2) is 4.98 Å². The van der Waals surface area contributed by atoms with Crippen LogP contribution in [0.25, 0.3) is 10.2 Å². The maximum absolute atomic E-state index is 5.93. The van der Waals surface area contributed by atoms with E-state index < -0.39 is 0 Å². The molecule has 128 valence electrons. The molecule has 1 aromatic heterocycles. The Hall–Kier alpha value is -1.35. The molecule has 4 rings (SSSR count). The average molecular weight is 412 g/mol. The molecule has 3 nitrogen and oxygen atoms in total. The molecule has 0 bridgehead atoms. The van der Waals surface area contributed by atoms with Crippen LogP contribution in [0.15, 0.2) is 48.5 Å². The fourth-order valence-electron chi connectivity index (χ4n) is 3.24. The Morgan fingerprint density at radius 3 is 2.56 bits per heavy atom. The van der Waals surface area contributed by atoms with Crippen LogP contribution < -0.4 is 4.74 Å². The second-order valence-corrected chi connectivity index (χ2v) is 8.35. The van der Waals surface area contributed by atoms with Crippen LogP contribution in [0.3, 0.4) is 0 Å². The molecule has 0 spiro atoms. The quantitative estimate of drug-likeness (QED) is 0.558. The van der Waals surface area contributed by atoms with E-state index in [0.29, 0.717) is 5.19 Å². The molecule has 1 saturated heterocycles. The Bertz CT molecular complexity index is 792. The van der Waals surface area contributed by atoms with E-state index in [4.69, 9.17) is 4.74 Å². The number of piperidine rings is 1. The Kier molecular flexibility index (Phi) is 5.40. The van der Waals surface area contributed by atoms with Crippen molar-refractivity contribution >= 4 is 38.4 Å². The zero-order chi connectivity index (χ0) is 17.1. The van der Waals surface area contributed by atoms with Crippen LogP contribution in [-0.2, 0) is 6.54 Å². The van der Waals surface area contributed by atoms with Gasteiger partial charge in [-0.3, -0.25) is 0 Å². The summed E-state index contributed by atoms with van der Waals surface area (Å²) in [5, 5.41) is 1.97. The topological polar surface area (TPSA) is 25.4 Å². The molecule has 0 amide bonds. The van der Waals surface area contributed by atoms with Crippen molar-refractivity contribution in [1.82, 2.24) is 9.88 Å². The molecule has 1 aliphatic heterocycles. The van der Waals surface area contributed by atoms with Crippen LogP contribution in [0.5, 0.6) is 10.9 Å². The molecule has 3 aromatic rings. The molecule has 5 heteroatoms. The molecular formula is C20H21AsN2OS. The SMILES string of the molecule is [As]CC1CCN(Cc2ccc(Oc3nc4ccccc4s3)cc2)CC1. The number of hydrogen-bond donors (Lipinski definition) is 0. The van der Waals surface area contributed by atoms with Gasteiger partial charge in [-0.1, -0.05) is 23.5 Å². The van der Waals surface area contributed by atoms with Gasteiger partial charge in [-0.2, -0.15) is 0 Å². The molecule has 0 atom stereocenters. The van der Waals surface area contributed by atoms with Gasteiger partial charge < -0.3 is 0 Å². The number of thiazole rings is 1. The van der Waals surface area contributed by atoms with E-state index in [-0.39, 0.29) is 0 Å². The van der Waals surface area contributed by atoms with Crippen molar-refractivity contribution < 1.29 is 4.74 Å². The van der Waals surface area contributed by atoms with Crippen molar-refractivity contribution in [2.75, 3.05) is 13.1 Å². The maximum atomic E-state index is 5.93. The summed E-state index contributed by atoms with van der Waals surface area (Å²) in [5.41, 5.74) is 2.34. The molecule has 0 aliphatic carbocycles. The average Bonchev–Trinajstić information content (AvgIpc) is 3.06. The van der Waals surface area contributed by atoms with Gasteiger partial charge in [-0.15, -0.1) is 0 Å². The molecule has 1 aliphatic rings. The fourth-order valence-corrected chi connectivity index (χ4v) is 4.84. The van der Waals surface area contributed by atoms with E-state index in [1.807, 2.05) is 18.2 Å². The van der Waals surface area contributed by atoms with Gasteiger partial charge in [-0.05, 0) is 12.1 Å². The monoisotopic (exact) mass is 412 g/mol. The normalized spacial score (nSPS) is 16.4. The Balaban J connectivity index is 1.37. The molecule has 25 heavy (non-hydrogen) atoms. The number of hydrogen-bond acceptors (Lipinski definition) is 4. The fraction of sp³-hybridized carbons (Fsp3) is 0.350. The number of fused-ring (bicyclic) bond motifs is 1. The first kappa shape index (κ1) is 17.1. The number of rotatable bonds is 5. The first-order valence-corrected chi connectivity index (χ1v) is 10.9.